The molecule has 0 saturated heterocycles. The van der Waals surface area contributed by atoms with E-state index in [-0.39, 0.29) is 4.75 Å². The lowest BCUT2D eigenvalue weighted by Crippen LogP contribution is -2.30. The molecule has 2 N–H and O–H groups in total. The Morgan fingerprint density at radius 3 is 2.12 bits per heavy atom. The lowest BCUT2D eigenvalue weighted by molar-refractivity contribution is 0.382. The molecule has 5 heteroatoms. The summed E-state index contributed by atoms with van der Waals surface area (Å²) in [7, 11) is 0. The molecule has 1 unspecified atom stereocenters. The first-order valence-electron chi connectivity index (χ1n) is 6.03. The third kappa shape index (κ3) is 6.02. The van der Waals surface area contributed by atoms with Gasteiger partial charge in [-0.25, -0.2) is 0 Å². The second kappa shape index (κ2) is 7.38. The molecule has 0 saturated carbocycles. The Bertz CT molecular complexity index is 240. The summed E-state index contributed by atoms with van der Waals surface area (Å²) in [6.45, 7) is 8.59. The molecule has 0 heterocycles. The van der Waals surface area contributed by atoms with Gasteiger partial charge in [-0.05, 0) is 30.6 Å². The van der Waals surface area contributed by atoms with Crippen molar-refractivity contribution in [2.24, 2.45) is 5.92 Å². The van der Waals surface area contributed by atoms with E-state index in [1.54, 1.807) is 0 Å². The molecule has 0 spiro atoms. The van der Waals surface area contributed by atoms with Gasteiger partial charge in [0.1, 0.15) is 0 Å². The van der Waals surface area contributed by atoms with Crippen molar-refractivity contribution in [2.45, 2.75) is 64.5 Å². The molecule has 0 aliphatic rings. The van der Waals surface area contributed by atoms with E-state index in [9.17, 15) is 9.79 Å². The minimum Gasteiger partial charge on any atom is -0.338 e. The van der Waals surface area contributed by atoms with Crippen LogP contribution < -0.4 is 0 Å². The molecule has 0 aliphatic carbocycles. The van der Waals surface area contributed by atoms with Gasteiger partial charge < -0.3 is 9.79 Å². The Kier molecular flexibility index (Phi) is 7.80. The van der Waals surface area contributed by atoms with Gasteiger partial charge in [0.25, 0.3) is 0 Å². The van der Waals surface area contributed by atoms with Crippen LogP contribution in [0.4, 0.5) is 0 Å². The van der Waals surface area contributed by atoms with Crippen LogP contribution in [-0.2, 0) is 11.8 Å². The monoisotopic (exact) mass is 284 g/mol. The zero-order valence-electron chi connectivity index (χ0n) is 10.8. The standard InChI is InChI=1S/C11H25O2PS2/c1-5-7-8-9-11(6-2,10(3)4)16-14(12,13)15/h10H,5-9H2,1-4H3,(H2,12,13,15). The van der Waals surface area contributed by atoms with Gasteiger partial charge in [0.15, 0.2) is 0 Å². The Hall–Kier alpha value is 0.920. The average Bonchev–Trinajstić information content (AvgIpc) is 2.14. The molecule has 2 nitrogen and oxygen atoms in total. The van der Waals surface area contributed by atoms with E-state index >= 15 is 0 Å². The molecule has 0 rings (SSSR count). The first-order chi connectivity index (χ1) is 7.27. The van der Waals surface area contributed by atoms with Crippen molar-refractivity contribution in [1.82, 2.24) is 0 Å². The molecule has 0 aromatic carbocycles. The van der Waals surface area contributed by atoms with Crippen LogP contribution >= 0.6 is 17.1 Å². The van der Waals surface area contributed by atoms with Gasteiger partial charge in [0.2, 0.25) is 5.69 Å². The predicted molar refractivity (Wildman–Crippen MR) is 78.3 cm³/mol. The van der Waals surface area contributed by atoms with E-state index in [1.807, 2.05) is 0 Å². The minimum atomic E-state index is -3.16. The number of unbranched alkanes of at least 4 members (excludes halogenated alkanes) is 2. The van der Waals surface area contributed by atoms with Crippen molar-refractivity contribution in [3.05, 3.63) is 0 Å². The van der Waals surface area contributed by atoms with Crippen molar-refractivity contribution >= 4 is 28.9 Å². The second-order valence-electron chi connectivity index (χ2n) is 4.61. The summed E-state index contributed by atoms with van der Waals surface area (Å²) in [5.41, 5.74) is -3.16. The first kappa shape index (κ1) is 16.9. The van der Waals surface area contributed by atoms with E-state index < -0.39 is 5.69 Å². The minimum absolute atomic E-state index is 0.0613. The highest BCUT2D eigenvalue weighted by Gasteiger charge is 2.36. The number of rotatable bonds is 8. The van der Waals surface area contributed by atoms with Crippen LogP contribution in [0.3, 0.4) is 0 Å². The highest BCUT2D eigenvalue weighted by Crippen LogP contribution is 2.61. The van der Waals surface area contributed by atoms with Gasteiger partial charge >= 0.3 is 0 Å². The van der Waals surface area contributed by atoms with E-state index in [0.29, 0.717) is 5.92 Å². The van der Waals surface area contributed by atoms with Gasteiger partial charge in [-0.15, -0.1) is 0 Å². The molecule has 16 heavy (non-hydrogen) atoms. The molecule has 1 atom stereocenters. The van der Waals surface area contributed by atoms with Gasteiger partial charge in [-0.2, -0.15) is 0 Å². The fraction of sp³-hybridized carbons (Fsp3) is 1.00. The van der Waals surface area contributed by atoms with Crippen LogP contribution in [0.1, 0.15) is 59.8 Å². The summed E-state index contributed by atoms with van der Waals surface area (Å²) in [5.74, 6) is 0.418. The molecular weight excluding hydrogens is 259 g/mol. The summed E-state index contributed by atoms with van der Waals surface area (Å²) in [4.78, 5) is 19.1. The fourth-order valence-corrected chi connectivity index (χ4v) is 7.10. The van der Waals surface area contributed by atoms with Crippen LogP contribution in [0.2, 0.25) is 0 Å². The summed E-state index contributed by atoms with van der Waals surface area (Å²) >= 11 is 6.03. The predicted octanol–water partition coefficient (Wildman–Crippen LogP) is 4.31. The van der Waals surface area contributed by atoms with Crippen molar-refractivity contribution in [1.29, 1.82) is 0 Å². The Morgan fingerprint density at radius 2 is 1.81 bits per heavy atom. The van der Waals surface area contributed by atoms with Crippen LogP contribution in [-0.4, -0.2) is 14.5 Å². The van der Waals surface area contributed by atoms with E-state index in [0.717, 1.165) is 19.3 Å². The van der Waals surface area contributed by atoms with E-state index in [2.05, 4.69) is 27.7 Å². The van der Waals surface area contributed by atoms with Gasteiger partial charge in [-0.3, -0.25) is 0 Å². The zero-order valence-corrected chi connectivity index (χ0v) is 13.3. The summed E-state index contributed by atoms with van der Waals surface area (Å²) in [6.07, 6.45) is 5.51. The highest BCUT2D eigenvalue weighted by molar-refractivity contribution is 8.67. The van der Waals surface area contributed by atoms with Gasteiger partial charge in [0, 0.05) is 4.75 Å². The molecule has 0 radical (unpaired) electrons. The summed E-state index contributed by atoms with van der Waals surface area (Å²) in [6, 6.07) is 0. The number of hydrogen-bond acceptors (Lipinski definition) is 2. The maximum atomic E-state index is 9.53. The third-order valence-corrected chi connectivity index (χ3v) is 7.20. The molecule has 0 fully saturated rings. The Labute approximate surface area is 109 Å². The molecule has 0 amide bonds. The van der Waals surface area contributed by atoms with E-state index in [1.165, 1.54) is 24.2 Å². The average molecular weight is 284 g/mol. The molecule has 98 valence electrons. The lowest BCUT2D eigenvalue weighted by Gasteiger charge is -2.37. The fourth-order valence-electron chi connectivity index (χ4n) is 2.00. The summed E-state index contributed by atoms with van der Waals surface area (Å²) in [5, 5.41) is 0. The summed E-state index contributed by atoms with van der Waals surface area (Å²) < 4.78 is -0.0613. The largest absolute Gasteiger partial charge is 0.338 e. The maximum absolute atomic E-state index is 9.53. The quantitative estimate of drug-likeness (QED) is 0.514. The molecule has 0 aromatic heterocycles. The van der Waals surface area contributed by atoms with Gasteiger partial charge in [0.05, 0.1) is 0 Å². The van der Waals surface area contributed by atoms with Gasteiger partial charge in [-0.1, -0.05) is 58.3 Å². The lowest BCUT2D eigenvalue weighted by atomic mass is 9.87. The van der Waals surface area contributed by atoms with Crippen molar-refractivity contribution in [3.8, 4) is 0 Å². The molecular formula is C11H25O2PS2. The third-order valence-electron chi connectivity index (χ3n) is 3.15. The Balaban J connectivity index is 4.65. The molecule has 0 bridgehead atoms. The van der Waals surface area contributed by atoms with Crippen LogP contribution in [0.15, 0.2) is 0 Å². The zero-order chi connectivity index (χ0) is 12.8. The normalized spacial score (nSPS) is 16.4. The molecule has 0 aliphatic heterocycles. The van der Waals surface area contributed by atoms with Crippen molar-refractivity contribution < 1.29 is 9.79 Å². The molecule has 0 aromatic rings. The first-order valence-corrected chi connectivity index (χ1v) is 10.2. The second-order valence-corrected chi connectivity index (χ2v) is 10.9. The number of hydrogen-bond donors (Lipinski definition) is 2. The smallest absolute Gasteiger partial charge is 0.242 e. The van der Waals surface area contributed by atoms with Crippen LogP contribution in [0, 0.1) is 5.92 Å². The SMILES string of the molecule is CCCCCC(CC)(SP(O)(O)=S)C(C)C. The Morgan fingerprint density at radius 1 is 1.25 bits per heavy atom. The maximum Gasteiger partial charge on any atom is 0.242 e. The van der Waals surface area contributed by atoms with Crippen molar-refractivity contribution in [2.75, 3.05) is 0 Å². The van der Waals surface area contributed by atoms with E-state index in [4.69, 9.17) is 11.8 Å². The van der Waals surface area contributed by atoms with Crippen LogP contribution in [0.25, 0.3) is 0 Å². The topological polar surface area (TPSA) is 40.5 Å². The van der Waals surface area contributed by atoms with Crippen LogP contribution in [0.5, 0.6) is 0 Å². The van der Waals surface area contributed by atoms with Crippen molar-refractivity contribution in [3.63, 3.8) is 0 Å². The highest BCUT2D eigenvalue weighted by atomic mass is 32.9.